The van der Waals surface area contributed by atoms with Gasteiger partial charge in [-0.3, -0.25) is 0 Å². The Bertz CT molecular complexity index is 316. The Morgan fingerprint density at radius 1 is 1.17 bits per heavy atom. The van der Waals surface area contributed by atoms with Crippen LogP contribution in [-0.2, 0) is 0 Å². The van der Waals surface area contributed by atoms with E-state index in [-0.39, 0.29) is 0 Å². The predicted molar refractivity (Wildman–Crippen MR) is 32.7 cm³/mol. The SMILES string of the molecule is O=NOc1ccc(F)c(F)c1F. The molecule has 3 nitrogen and oxygen atoms in total. The van der Waals surface area contributed by atoms with Gasteiger partial charge < -0.3 is 4.84 Å². The highest BCUT2D eigenvalue weighted by Crippen LogP contribution is 2.21. The molecule has 1 aromatic carbocycles. The van der Waals surface area contributed by atoms with E-state index < -0.39 is 23.2 Å². The van der Waals surface area contributed by atoms with Crippen molar-refractivity contribution in [3.63, 3.8) is 0 Å². The third-order valence-corrected chi connectivity index (χ3v) is 1.14. The van der Waals surface area contributed by atoms with Crippen LogP contribution in [0.25, 0.3) is 0 Å². The van der Waals surface area contributed by atoms with Crippen LogP contribution in [0.15, 0.2) is 17.5 Å². The Hall–Kier alpha value is -1.59. The van der Waals surface area contributed by atoms with Gasteiger partial charge in [-0.25, -0.2) is 8.78 Å². The molecule has 0 fully saturated rings. The highest BCUT2D eigenvalue weighted by molar-refractivity contribution is 5.25. The lowest BCUT2D eigenvalue weighted by Crippen LogP contribution is -1.93. The van der Waals surface area contributed by atoms with Gasteiger partial charge in [0.15, 0.2) is 22.7 Å². The first-order valence-corrected chi connectivity index (χ1v) is 2.80. The largest absolute Gasteiger partial charge is 0.321 e. The average Bonchev–Trinajstić information content (AvgIpc) is 2.07. The summed E-state index contributed by atoms with van der Waals surface area (Å²) in [5, 5.41) is 1.86. The van der Waals surface area contributed by atoms with Gasteiger partial charge in [0.2, 0.25) is 5.82 Å². The Labute approximate surface area is 64.7 Å². The molecule has 0 amide bonds. The van der Waals surface area contributed by atoms with E-state index in [1.165, 1.54) is 0 Å². The van der Waals surface area contributed by atoms with Crippen molar-refractivity contribution in [3.05, 3.63) is 34.5 Å². The van der Waals surface area contributed by atoms with Crippen molar-refractivity contribution in [2.45, 2.75) is 0 Å². The number of hydrogen-bond donors (Lipinski definition) is 0. The third-order valence-electron chi connectivity index (χ3n) is 1.14. The fourth-order valence-corrected chi connectivity index (χ4v) is 0.619. The van der Waals surface area contributed by atoms with Gasteiger partial charge >= 0.3 is 0 Å². The molecule has 0 bridgehead atoms. The topological polar surface area (TPSA) is 38.7 Å². The summed E-state index contributed by atoms with van der Waals surface area (Å²) in [6.07, 6.45) is 0. The zero-order valence-corrected chi connectivity index (χ0v) is 5.55. The van der Waals surface area contributed by atoms with Gasteiger partial charge in [-0.1, -0.05) is 0 Å². The summed E-state index contributed by atoms with van der Waals surface area (Å²) in [7, 11) is 0. The van der Waals surface area contributed by atoms with Crippen LogP contribution in [0.4, 0.5) is 13.2 Å². The predicted octanol–water partition coefficient (Wildman–Crippen LogP) is 2.16. The summed E-state index contributed by atoms with van der Waals surface area (Å²) in [5.41, 5.74) is 0. The lowest BCUT2D eigenvalue weighted by atomic mass is 10.3. The van der Waals surface area contributed by atoms with Crippen molar-refractivity contribution in [1.82, 2.24) is 0 Å². The minimum Gasteiger partial charge on any atom is -0.321 e. The molecule has 0 atom stereocenters. The molecule has 0 saturated carbocycles. The van der Waals surface area contributed by atoms with Crippen LogP contribution in [0.2, 0.25) is 0 Å². The summed E-state index contributed by atoms with van der Waals surface area (Å²) in [4.78, 5) is 13.2. The van der Waals surface area contributed by atoms with Gasteiger partial charge in [-0.15, -0.1) is 4.91 Å². The van der Waals surface area contributed by atoms with Gasteiger partial charge in [0.05, 0.1) is 0 Å². The molecular formula is C6H2F3NO2. The van der Waals surface area contributed by atoms with Crippen molar-refractivity contribution in [1.29, 1.82) is 0 Å². The zero-order chi connectivity index (χ0) is 9.14. The first-order chi connectivity index (χ1) is 5.66. The molecule has 0 aliphatic heterocycles. The number of halogens is 3. The Balaban J connectivity index is 3.16. The molecule has 12 heavy (non-hydrogen) atoms. The highest BCUT2D eigenvalue weighted by atomic mass is 19.2. The number of nitrogens with zero attached hydrogens (tertiary/aromatic N) is 1. The van der Waals surface area contributed by atoms with E-state index in [9.17, 15) is 18.1 Å². The molecule has 1 aromatic rings. The molecule has 0 saturated heterocycles. The summed E-state index contributed by atoms with van der Waals surface area (Å²) in [5.74, 6) is -5.37. The Kier molecular flexibility index (Phi) is 2.27. The number of rotatable bonds is 2. The molecule has 1 rings (SSSR count). The molecule has 64 valence electrons. The molecule has 0 aliphatic rings. The highest BCUT2D eigenvalue weighted by Gasteiger charge is 2.14. The van der Waals surface area contributed by atoms with Gasteiger partial charge in [-0.05, 0) is 12.1 Å². The molecule has 0 aliphatic carbocycles. The number of hydrogen-bond acceptors (Lipinski definition) is 3. The average molecular weight is 177 g/mol. The van der Waals surface area contributed by atoms with Crippen molar-refractivity contribution < 1.29 is 18.0 Å². The van der Waals surface area contributed by atoms with Crippen molar-refractivity contribution >= 4 is 0 Å². The second-order valence-electron chi connectivity index (χ2n) is 1.84. The van der Waals surface area contributed by atoms with Gasteiger partial charge in [0.25, 0.3) is 0 Å². The van der Waals surface area contributed by atoms with Crippen molar-refractivity contribution in [2.24, 2.45) is 5.34 Å². The first kappa shape index (κ1) is 8.51. The smallest absolute Gasteiger partial charge is 0.207 e. The monoisotopic (exact) mass is 177 g/mol. The molecule has 6 heteroatoms. The zero-order valence-electron chi connectivity index (χ0n) is 5.55. The van der Waals surface area contributed by atoms with Crippen molar-refractivity contribution in [2.75, 3.05) is 0 Å². The summed E-state index contributed by atoms with van der Waals surface area (Å²) >= 11 is 0. The van der Waals surface area contributed by atoms with E-state index in [1.807, 2.05) is 5.34 Å². The van der Waals surface area contributed by atoms with Crippen LogP contribution < -0.4 is 4.84 Å². The lowest BCUT2D eigenvalue weighted by Gasteiger charge is -1.98. The third kappa shape index (κ3) is 1.36. The van der Waals surface area contributed by atoms with Gasteiger partial charge in [-0.2, -0.15) is 4.39 Å². The maximum Gasteiger partial charge on any atom is 0.207 e. The minimum atomic E-state index is -1.70. The Morgan fingerprint density at radius 3 is 2.42 bits per heavy atom. The van der Waals surface area contributed by atoms with E-state index in [4.69, 9.17) is 0 Å². The fourth-order valence-electron chi connectivity index (χ4n) is 0.619. The fraction of sp³-hybridized carbons (Fsp3) is 0. The molecule has 0 radical (unpaired) electrons. The van der Waals surface area contributed by atoms with E-state index in [1.54, 1.807) is 0 Å². The van der Waals surface area contributed by atoms with Crippen LogP contribution in [0.1, 0.15) is 0 Å². The quantitative estimate of drug-likeness (QED) is 0.394. The molecule has 0 heterocycles. The van der Waals surface area contributed by atoms with Crippen LogP contribution in [0.5, 0.6) is 5.75 Å². The van der Waals surface area contributed by atoms with Gasteiger partial charge in [0.1, 0.15) is 0 Å². The Morgan fingerprint density at radius 2 is 1.83 bits per heavy atom. The first-order valence-electron chi connectivity index (χ1n) is 2.80. The van der Waals surface area contributed by atoms with Crippen molar-refractivity contribution in [3.8, 4) is 5.75 Å². The maximum atomic E-state index is 12.5. The number of benzene rings is 1. The standard InChI is InChI=1S/C6H2F3NO2/c7-3-1-2-4(12-10-11)6(9)5(3)8/h1-2H. The summed E-state index contributed by atoms with van der Waals surface area (Å²) in [6, 6.07) is 1.38. The van der Waals surface area contributed by atoms with E-state index >= 15 is 0 Å². The summed E-state index contributed by atoms with van der Waals surface area (Å²) < 4.78 is 37.1. The molecule has 0 unspecified atom stereocenters. The summed E-state index contributed by atoms with van der Waals surface area (Å²) in [6.45, 7) is 0. The van der Waals surface area contributed by atoms with Crippen LogP contribution >= 0.6 is 0 Å². The van der Waals surface area contributed by atoms with Gasteiger partial charge in [0, 0.05) is 0 Å². The molecule has 0 aromatic heterocycles. The lowest BCUT2D eigenvalue weighted by molar-refractivity contribution is 0.304. The molecule has 0 spiro atoms. The second kappa shape index (κ2) is 3.21. The minimum absolute atomic E-state index is 0.624. The molecule has 0 N–H and O–H groups in total. The second-order valence-corrected chi connectivity index (χ2v) is 1.84. The molecular weight excluding hydrogens is 175 g/mol. The van der Waals surface area contributed by atoms with E-state index in [0.717, 1.165) is 6.07 Å². The maximum absolute atomic E-state index is 12.5. The van der Waals surface area contributed by atoms with Crippen LogP contribution in [0, 0.1) is 22.4 Å². The van der Waals surface area contributed by atoms with Crippen LogP contribution in [0.3, 0.4) is 0 Å². The van der Waals surface area contributed by atoms with Crippen LogP contribution in [-0.4, -0.2) is 0 Å². The van der Waals surface area contributed by atoms with E-state index in [2.05, 4.69) is 4.84 Å². The van der Waals surface area contributed by atoms with E-state index in [0.29, 0.717) is 6.07 Å². The normalized spacial score (nSPS) is 9.58.